The average molecular weight is 340 g/mol. The number of carboxylic acids is 1. The van der Waals surface area contributed by atoms with Gasteiger partial charge in [0.05, 0.1) is 11.8 Å². The fourth-order valence-corrected chi connectivity index (χ4v) is 2.95. The van der Waals surface area contributed by atoms with Crippen LogP contribution in [0.1, 0.15) is 25.3 Å². The lowest BCUT2D eigenvalue weighted by Gasteiger charge is -2.33. The van der Waals surface area contributed by atoms with E-state index >= 15 is 0 Å². The lowest BCUT2D eigenvalue weighted by Crippen LogP contribution is -2.47. The van der Waals surface area contributed by atoms with Crippen molar-refractivity contribution in [1.82, 2.24) is 5.32 Å². The molecule has 0 radical (unpaired) electrons. The van der Waals surface area contributed by atoms with Crippen LogP contribution in [0, 0.1) is 11.8 Å². The second-order valence-electron chi connectivity index (χ2n) is 5.33. The lowest BCUT2D eigenvalue weighted by atomic mass is 9.73. The van der Waals surface area contributed by atoms with Gasteiger partial charge in [-0.1, -0.05) is 34.1 Å². The summed E-state index contributed by atoms with van der Waals surface area (Å²) in [6.07, 6.45) is 1.99. The Hall–Kier alpha value is -1.36. The SMILES string of the molecule is CC(Cc1ccccc1Br)NC(=O)C1CCC1C(=O)O. The molecule has 2 rings (SSSR count). The Kier molecular flexibility index (Phi) is 4.81. The first kappa shape index (κ1) is 15.0. The molecule has 0 aliphatic heterocycles. The fourth-order valence-electron chi connectivity index (χ4n) is 2.50. The van der Waals surface area contributed by atoms with E-state index in [1.54, 1.807) is 0 Å². The van der Waals surface area contributed by atoms with Crippen molar-refractivity contribution >= 4 is 27.8 Å². The molecule has 20 heavy (non-hydrogen) atoms. The Balaban J connectivity index is 1.89. The minimum atomic E-state index is -0.866. The number of carbonyl (C=O) groups is 2. The number of carbonyl (C=O) groups excluding carboxylic acids is 1. The van der Waals surface area contributed by atoms with Crippen LogP contribution in [0.4, 0.5) is 0 Å². The normalized spacial score (nSPS) is 22.7. The number of hydrogen-bond acceptors (Lipinski definition) is 2. The number of halogens is 1. The summed E-state index contributed by atoms with van der Waals surface area (Å²) >= 11 is 3.48. The van der Waals surface area contributed by atoms with E-state index < -0.39 is 11.9 Å². The molecule has 1 aliphatic rings. The quantitative estimate of drug-likeness (QED) is 0.866. The van der Waals surface area contributed by atoms with E-state index in [1.165, 1.54) is 0 Å². The molecule has 0 spiro atoms. The van der Waals surface area contributed by atoms with Gasteiger partial charge < -0.3 is 10.4 Å². The number of hydrogen-bond donors (Lipinski definition) is 2. The molecular weight excluding hydrogens is 322 g/mol. The van der Waals surface area contributed by atoms with Crippen LogP contribution < -0.4 is 5.32 Å². The van der Waals surface area contributed by atoms with Gasteiger partial charge in [-0.2, -0.15) is 0 Å². The van der Waals surface area contributed by atoms with Crippen LogP contribution in [0.3, 0.4) is 0 Å². The molecule has 4 nitrogen and oxygen atoms in total. The summed E-state index contributed by atoms with van der Waals surface area (Å²) in [5.41, 5.74) is 1.13. The predicted octanol–water partition coefficient (Wildman–Crippen LogP) is 2.61. The zero-order valence-electron chi connectivity index (χ0n) is 11.3. The molecule has 1 saturated carbocycles. The Labute approximate surface area is 126 Å². The van der Waals surface area contributed by atoms with Gasteiger partial charge in [0.1, 0.15) is 0 Å². The third kappa shape index (κ3) is 3.39. The molecule has 2 N–H and O–H groups in total. The van der Waals surface area contributed by atoms with Crippen molar-refractivity contribution in [2.45, 2.75) is 32.2 Å². The van der Waals surface area contributed by atoms with E-state index in [0.717, 1.165) is 16.5 Å². The molecule has 1 amide bonds. The largest absolute Gasteiger partial charge is 0.481 e. The molecule has 1 aromatic carbocycles. The van der Waals surface area contributed by atoms with Crippen LogP contribution in [0.15, 0.2) is 28.7 Å². The molecule has 0 saturated heterocycles. The summed E-state index contributed by atoms with van der Waals surface area (Å²) in [6.45, 7) is 1.94. The fraction of sp³-hybridized carbons (Fsp3) is 0.467. The van der Waals surface area contributed by atoms with Crippen molar-refractivity contribution < 1.29 is 14.7 Å². The van der Waals surface area contributed by atoms with Crippen LogP contribution >= 0.6 is 15.9 Å². The average Bonchev–Trinajstić information content (AvgIpc) is 2.29. The molecule has 3 atom stereocenters. The van der Waals surface area contributed by atoms with Crippen molar-refractivity contribution in [2.75, 3.05) is 0 Å². The van der Waals surface area contributed by atoms with E-state index in [1.807, 2.05) is 31.2 Å². The highest BCUT2D eigenvalue weighted by atomic mass is 79.9. The molecular formula is C15H18BrNO3. The van der Waals surface area contributed by atoms with E-state index in [9.17, 15) is 9.59 Å². The smallest absolute Gasteiger partial charge is 0.307 e. The van der Waals surface area contributed by atoms with Crippen molar-refractivity contribution in [1.29, 1.82) is 0 Å². The van der Waals surface area contributed by atoms with Crippen LogP contribution in [0.2, 0.25) is 0 Å². The highest BCUT2D eigenvalue weighted by Crippen LogP contribution is 2.34. The maximum absolute atomic E-state index is 12.0. The standard InChI is InChI=1S/C15H18BrNO3/c1-9(8-10-4-2-3-5-13(10)16)17-14(18)11-6-7-12(11)15(19)20/h2-5,9,11-12H,6-8H2,1H3,(H,17,18)(H,19,20). The van der Waals surface area contributed by atoms with Crippen LogP contribution in [-0.2, 0) is 16.0 Å². The summed E-state index contributed by atoms with van der Waals surface area (Å²) in [7, 11) is 0. The van der Waals surface area contributed by atoms with Gasteiger partial charge in [-0.25, -0.2) is 0 Å². The summed E-state index contributed by atoms with van der Waals surface area (Å²) in [6, 6.07) is 7.87. The number of amides is 1. The second-order valence-corrected chi connectivity index (χ2v) is 6.19. The maximum Gasteiger partial charge on any atom is 0.307 e. The van der Waals surface area contributed by atoms with E-state index in [4.69, 9.17) is 5.11 Å². The van der Waals surface area contributed by atoms with Crippen molar-refractivity contribution in [3.05, 3.63) is 34.3 Å². The minimum absolute atomic E-state index is 0.0174. The predicted molar refractivity (Wildman–Crippen MR) is 79.3 cm³/mol. The first-order chi connectivity index (χ1) is 9.49. The highest BCUT2D eigenvalue weighted by Gasteiger charge is 2.41. The molecule has 0 bridgehead atoms. The molecule has 3 unspecified atom stereocenters. The monoisotopic (exact) mass is 339 g/mol. The molecule has 1 aliphatic carbocycles. The van der Waals surface area contributed by atoms with Gasteiger partial charge in [0.15, 0.2) is 0 Å². The summed E-state index contributed by atoms with van der Waals surface area (Å²) in [5.74, 6) is -1.88. The Morgan fingerprint density at radius 3 is 2.55 bits per heavy atom. The lowest BCUT2D eigenvalue weighted by molar-refractivity contribution is -0.152. The topological polar surface area (TPSA) is 66.4 Å². The van der Waals surface area contributed by atoms with Crippen molar-refractivity contribution in [3.63, 3.8) is 0 Å². The summed E-state index contributed by atoms with van der Waals surface area (Å²) in [4.78, 5) is 23.0. The molecule has 1 aromatic rings. The van der Waals surface area contributed by atoms with Gasteiger partial charge in [-0.3, -0.25) is 9.59 Å². The summed E-state index contributed by atoms with van der Waals surface area (Å²) in [5, 5.41) is 11.9. The van der Waals surface area contributed by atoms with Crippen LogP contribution in [0.25, 0.3) is 0 Å². The second kappa shape index (κ2) is 6.39. The number of carboxylic acid groups (broad SMARTS) is 1. The van der Waals surface area contributed by atoms with Crippen LogP contribution in [0.5, 0.6) is 0 Å². The zero-order chi connectivity index (χ0) is 14.7. The number of rotatable bonds is 5. The first-order valence-electron chi connectivity index (χ1n) is 6.75. The van der Waals surface area contributed by atoms with Crippen LogP contribution in [-0.4, -0.2) is 23.0 Å². The summed E-state index contributed by atoms with van der Waals surface area (Å²) < 4.78 is 1.02. The third-order valence-electron chi connectivity index (χ3n) is 3.80. The van der Waals surface area contributed by atoms with Gasteiger partial charge in [0.25, 0.3) is 0 Å². The molecule has 0 aromatic heterocycles. The first-order valence-corrected chi connectivity index (χ1v) is 7.55. The number of benzene rings is 1. The molecule has 0 heterocycles. The third-order valence-corrected chi connectivity index (χ3v) is 4.57. The zero-order valence-corrected chi connectivity index (χ0v) is 12.9. The van der Waals surface area contributed by atoms with Gasteiger partial charge >= 0.3 is 5.97 Å². The number of nitrogens with one attached hydrogen (secondary N) is 1. The van der Waals surface area contributed by atoms with Crippen molar-refractivity contribution in [3.8, 4) is 0 Å². The number of aliphatic carboxylic acids is 1. The highest BCUT2D eigenvalue weighted by molar-refractivity contribution is 9.10. The van der Waals surface area contributed by atoms with Crippen molar-refractivity contribution in [2.24, 2.45) is 11.8 Å². The molecule has 5 heteroatoms. The van der Waals surface area contributed by atoms with Gasteiger partial charge in [0.2, 0.25) is 5.91 Å². The Bertz CT molecular complexity index is 518. The van der Waals surface area contributed by atoms with E-state index in [2.05, 4.69) is 21.2 Å². The Morgan fingerprint density at radius 2 is 2.00 bits per heavy atom. The molecule has 1 fully saturated rings. The Morgan fingerprint density at radius 1 is 1.35 bits per heavy atom. The van der Waals surface area contributed by atoms with Gasteiger partial charge in [0, 0.05) is 10.5 Å². The van der Waals surface area contributed by atoms with E-state index in [-0.39, 0.29) is 17.9 Å². The van der Waals surface area contributed by atoms with Gasteiger partial charge in [-0.05, 0) is 37.8 Å². The minimum Gasteiger partial charge on any atom is -0.481 e. The maximum atomic E-state index is 12.0. The van der Waals surface area contributed by atoms with Gasteiger partial charge in [-0.15, -0.1) is 0 Å². The molecule has 108 valence electrons. The van der Waals surface area contributed by atoms with E-state index in [0.29, 0.717) is 12.8 Å².